The van der Waals surface area contributed by atoms with E-state index in [1.807, 2.05) is 0 Å². The molecule has 0 saturated heterocycles. The minimum Gasteiger partial charge on any atom is -0.396 e. The van der Waals surface area contributed by atoms with Gasteiger partial charge in [-0.2, -0.15) is 18.5 Å². The van der Waals surface area contributed by atoms with Gasteiger partial charge in [0.2, 0.25) is 5.95 Å². The minimum atomic E-state index is -0.420. The van der Waals surface area contributed by atoms with Gasteiger partial charge in [-0.1, -0.05) is 25.8 Å². The number of aliphatic hydroxyl groups is 1. The lowest BCUT2D eigenvalue weighted by Crippen LogP contribution is -2.22. The number of hydrogen-bond acceptors (Lipinski definition) is 5. The third kappa shape index (κ3) is 4.45. The molecular formula is C15H23FN4OS. The van der Waals surface area contributed by atoms with Gasteiger partial charge in [0, 0.05) is 18.0 Å². The van der Waals surface area contributed by atoms with Gasteiger partial charge in [-0.3, -0.25) is 0 Å². The molecule has 1 aromatic heterocycles. The zero-order valence-corrected chi connectivity index (χ0v) is 13.6. The molecule has 0 saturated carbocycles. The van der Waals surface area contributed by atoms with E-state index in [-0.39, 0.29) is 37.6 Å². The Balaban J connectivity index is 0.00000242. The highest BCUT2D eigenvalue weighted by atomic mass is 32.1. The van der Waals surface area contributed by atoms with Crippen LogP contribution in [0, 0.1) is 5.82 Å². The number of anilines is 2. The van der Waals surface area contributed by atoms with E-state index in [4.69, 9.17) is 10.8 Å². The lowest BCUT2D eigenvalue weighted by atomic mass is 10.1. The Morgan fingerprint density at radius 2 is 2.09 bits per heavy atom. The molecule has 7 heteroatoms. The van der Waals surface area contributed by atoms with Crippen LogP contribution in [0.15, 0.2) is 18.2 Å². The van der Waals surface area contributed by atoms with Crippen LogP contribution in [0.2, 0.25) is 0 Å². The van der Waals surface area contributed by atoms with Gasteiger partial charge < -0.3 is 16.2 Å². The Morgan fingerprint density at radius 3 is 2.77 bits per heavy atom. The summed E-state index contributed by atoms with van der Waals surface area (Å²) in [7, 11) is 0. The summed E-state index contributed by atoms with van der Waals surface area (Å²) in [4.78, 5) is 8.13. The standard InChI is InChI=1S/C15H21FN4O.H2S/c1-2-3-5-10(8-9-21)18-14-11-6-4-7-12(16)13(11)19-15(17)20-14;/h4,6-7,10,21H,2-3,5,8-9H2,1H3,(H3,17,18,19,20);1H2/t10-;/m0./s1. The van der Waals surface area contributed by atoms with Gasteiger partial charge in [-0.15, -0.1) is 0 Å². The highest BCUT2D eigenvalue weighted by molar-refractivity contribution is 7.59. The molecule has 0 aliphatic carbocycles. The normalized spacial score (nSPS) is 12.0. The van der Waals surface area contributed by atoms with Crippen molar-refractivity contribution in [1.29, 1.82) is 0 Å². The van der Waals surface area contributed by atoms with Crippen LogP contribution in [0.1, 0.15) is 32.6 Å². The summed E-state index contributed by atoms with van der Waals surface area (Å²) >= 11 is 0. The monoisotopic (exact) mass is 326 g/mol. The van der Waals surface area contributed by atoms with Gasteiger partial charge >= 0.3 is 0 Å². The van der Waals surface area contributed by atoms with Gasteiger partial charge in [-0.05, 0) is 25.0 Å². The molecule has 5 nitrogen and oxygen atoms in total. The molecule has 0 aliphatic rings. The summed E-state index contributed by atoms with van der Waals surface area (Å²) in [5, 5.41) is 13.0. The number of benzene rings is 1. The Morgan fingerprint density at radius 1 is 1.32 bits per heavy atom. The van der Waals surface area contributed by atoms with Crippen LogP contribution in [-0.2, 0) is 0 Å². The van der Waals surface area contributed by atoms with Crippen molar-refractivity contribution in [1.82, 2.24) is 9.97 Å². The summed E-state index contributed by atoms with van der Waals surface area (Å²) in [6.07, 6.45) is 3.65. The number of unbranched alkanes of at least 4 members (excludes halogenated alkanes) is 1. The third-order valence-corrected chi connectivity index (χ3v) is 3.42. The number of aromatic nitrogens is 2. The molecule has 2 rings (SSSR count). The number of hydrogen-bond donors (Lipinski definition) is 3. The molecule has 0 spiro atoms. The zero-order chi connectivity index (χ0) is 15.2. The molecule has 4 N–H and O–H groups in total. The zero-order valence-electron chi connectivity index (χ0n) is 12.6. The predicted octanol–water partition coefficient (Wildman–Crippen LogP) is 2.82. The number of nitrogens with two attached hydrogens (primary N) is 1. The number of nitrogens with zero attached hydrogens (tertiary/aromatic N) is 2. The fourth-order valence-electron chi connectivity index (χ4n) is 2.33. The molecule has 0 fully saturated rings. The van der Waals surface area contributed by atoms with Crippen LogP contribution in [0.4, 0.5) is 16.2 Å². The van der Waals surface area contributed by atoms with Crippen molar-refractivity contribution in [2.24, 2.45) is 0 Å². The fraction of sp³-hybridized carbons (Fsp3) is 0.467. The number of fused-ring (bicyclic) bond motifs is 1. The molecular weight excluding hydrogens is 303 g/mol. The average molecular weight is 326 g/mol. The largest absolute Gasteiger partial charge is 0.396 e. The van der Waals surface area contributed by atoms with Crippen LogP contribution in [0.5, 0.6) is 0 Å². The molecule has 1 atom stereocenters. The van der Waals surface area contributed by atoms with Crippen molar-refractivity contribution in [2.75, 3.05) is 17.7 Å². The topological polar surface area (TPSA) is 84.1 Å². The van der Waals surface area contributed by atoms with E-state index >= 15 is 0 Å². The fourth-order valence-corrected chi connectivity index (χ4v) is 2.33. The number of para-hydroxylation sites is 1. The summed E-state index contributed by atoms with van der Waals surface area (Å²) in [5.41, 5.74) is 5.88. The van der Waals surface area contributed by atoms with Gasteiger partial charge in [0.15, 0.2) is 0 Å². The first-order valence-electron chi connectivity index (χ1n) is 7.24. The second kappa shape index (κ2) is 8.75. The number of nitrogens with one attached hydrogen (secondary N) is 1. The van der Waals surface area contributed by atoms with Crippen LogP contribution in [0.25, 0.3) is 10.9 Å². The first-order valence-corrected chi connectivity index (χ1v) is 7.24. The maximum atomic E-state index is 13.8. The first kappa shape index (κ1) is 18.4. The van der Waals surface area contributed by atoms with Crippen molar-refractivity contribution < 1.29 is 9.50 Å². The van der Waals surface area contributed by atoms with E-state index in [1.54, 1.807) is 12.1 Å². The Bertz CT molecular complexity index is 611. The number of aliphatic hydroxyl groups excluding tert-OH is 1. The molecule has 1 aromatic carbocycles. The van der Waals surface area contributed by atoms with E-state index in [9.17, 15) is 4.39 Å². The van der Waals surface area contributed by atoms with Crippen LogP contribution in [0.3, 0.4) is 0 Å². The quantitative estimate of drug-likeness (QED) is 0.728. The number of rotatable bonds is 7. The molecule has 2 aromatic rings. The molecule has 0 bridgehead atoms. The highest BCUT2D eigenvalue weighted by Crippen LogP contribution is 2.24. The molecule has 0 aliphatic heterocycles. The maximum Gasteiger partial charge on any atom is 0.222 e. The first-order chi connectivity index (χ1) is 10.2. The molecule has 0 radical (unpaired) electrons. The summed E-state index contributed by atoms with van der Waals surface area (Å²) < 4.78 is 13.8. The second-order valence-corrected chi connectivity index (χ2v) is 5.06. The van der Waals surface area contributed by atoms with Gasteiger partial charge in [0.05, 0.1) is 0 Å². The van der Waals surface area contributed by atoms with E-state index in [0.717, 1.165) is 19.3 Å². The van der Waals surface area contributed by atoms with Crippen LogP contribution >= 0.6 is 13.5 Å². The van der Waals surface area contributed by atoms with Crippen molar-refractivity contribution in [3.63, 3.8) is 0 Å². The summed E-state index contributed by atoms with van der Waals surface area (Å²) in [5.74, 6) is 0.136. The molecule has 0 amide bonds. The van der Waals surface area contributed by atoms with E-state index < -0.39 is 5.82 Å². The number of halogens is 1. The van der Waals surface area contributed by atoms with Crippen LogP contribution < -0.4 is 11.1 Å². The summed E-state index contributed by atoms with van der Waals surface area (Å²) in [6.45, 7) is 2.21. The molecule has 1 heterocycles. The minimum absolute atomic E-state index is 0. The lowest BCUT2D eigenvalue weighted by molar-refractivity contribution is 0.276. The van der Waals surface area contributed by atoms with Crippen molar-refractivity contribution in [3.8, 4) is 0 Å². The molecule has 122 valence electrons. The van der Waals surface area contributed by atoms with Crippen LogP contribution in [-0.4, -0.2) is 27.7 Å². The van der Waals surface area contributed by atoms with E-state index in [2.05, 4.69) is 22.2 Å². The van der Waals surface area contributed by atoms with Crippen molar-refractivity contribution >= 4 is 36.2 Å². The van der Waals surface area contributed by atoms with Crippen molar-refractivity contribution in [2.45, 2.75) is 38.6 Å². The third-order valence-electron chi connectivity index (χ3n) is 3.42. The van der Waals surface area contributed by atoms with Gasteiger partial charge in [0.1, 0.15) is 17.2 Å². The van der Waals surface area contributed by atoms with E-state index in [0.29, 0.717) is 17.6 Å². The van der Waals surface area contributed by atoms with Crippen molar-refractivity contribution in [3.05, 3.63) is 24.0 Å². The number of nitrogen functional groups attached to an aromatic ring is 1. The second-order valence-electron chi connectivity index (χ2n) is 5.06. The highest BCUT2D eigenvalue weighted by Gasteiger charge is 2.14. The average Bonchev–Trinajstić information content (AvgIpc) is 2.46. The Labute approximate surface area is 136 Å². The lowest BCUT2D eigenvalue weighted by Gasteiger charge is -2.19. The predicted molar refractivity (Wildman–Crippen MR) is 92.9 cm³/mol. The SMILES string of the molecule is CCCC[C@@H](CCO)Nc1nc(N)nc2c(F)cccc12.S. The molecule has 22 heavy (non-hydrogen) atoms. The molecule has 0 unspecified atom stereocenters. The van der Waals surface area contributed by atoms with Gasteiger partial charge in [0.25, 0.3) is 0 Å². The Hall–Kier alpha value is -1.60. The summed E-state index contributed by atoms with van der Waals surface area (Å²) in [6, 6.07) is 4.81. The van der Waals surface area contributed by atoms with E-state index in [1.165, 1.54) is 6.07 Å². The Kier molecular flexibility index (Phi) is 7.34. The maximum absolute atomic E-state index is 13.8. The smallest absolute Gasteiger partial charge is 0.222 e. The van der Waals surface area contributed by atoms with Gasteiger partial charge in [-0.25, -0.2) is 9.37 Å².